The van der Waals surface area contributed by atoms with Crippen molar-refractivity contribution in [2.75, 3.05) is 13.1 Å². The summed E-state index contributed by atoms with van der Waals surface area (Å²) in [4.78, 5) is 0. The number of aromatic nitrogens is 2. The second-order valence-electron chi connectivity index (χ2n) is 4.48. The maximum atomic E-state index is 13.1. The Kier molecular flexibility index (Phi) is 5.90. The number of benzene rings is 1. The number of halogens is 2. The Hall–Kier alpha value is -1.02. The van der Waals surface area contributed by atoms with Gasteiger partial charge in [-0.2, -0.15) is 0 Å². The van der Waals surface area contributed by atoms with E-state index >= 15 is 0 Å². The number of nitrogens with zero attached hydrogens (tertiary/aromatic N) is 2. The molecule has 0 saturated heterocycles. The standard InChI is InChI=1S/C14H17FIN3O/c1-2-7-17-8-3-4-13-18-19-14(20-13)11-6-5-10(15)9-12(11)16/h5-6,9,17H,2-4,7-8H2,1H3. The van der Waals surface area contributed by atoms with E-state index in [-0.39, 0.29) is 5.82 Å². The topological polar surface area (TPSA) is 51.0 Å². The number of hydrogen-bond acceptors (Lipinski definition) is 4. The van der Waals surface area contributed by atoms with Crippen molar-refractivity contribution in [1.29, 1.82) is 0 Å². The highest BCUT2D eigenvalue weighted by atomic mass is 127. The quantitative estimate of drug-likeness (QED) is 0.583. The molecule has 0 aliphatic heterocycles. The molecule has 0 fully saturated rings. The summed E-state index contributed by atoms with van der Waals surface area (Å²) in [5, 5.41) is 11.4. The van der Waals surface area contributed by atoms with Crippen LogP contribution in [0.2, 0.25) is 0 Å². The van der Waals surface area contributed by atoms with Crippen LogP contribution in [0.3, 0.4) is 0 Å². The van der Waals surface area contributed by atoms with Crippen molar-refractivity contribution in [3.8, 4) is 11.5 Å². The highest BCUT2D eigenvalue weighted by Crippen LogP contribution is 2.24. The van der Waals surface area contributed by atoms with Crippen LogP contribution in [0, 0.1) is 9.39 Å². The first kappa shape index (κ1) is 15.4. The van der Waals surface area contributed by atoms with E-state index in [1.165, 1.54) is 12.1 Å². The first-order chi connectivity index (χ1) is 9.70. The predicted octanol–water partition coefficient (Wildman–Crippen LogP) is 3.41. The van der Waals surface area contributed by atoms with E-state index in [1.54, 1.807) is 6.07 Å². The maximum Gasteiger partial charge on any atom is 0.248 e. The van der Waals surface area contributed by atoms with E-state index in [0.717, 1.165) is 41.5 Å². The van der Waals surface area contributed by atoms with Crippen LogP contribution in [0.25, 0.3) is 11.5 Å². The molecule has 1 heterocycles. The van der Waals surface area contributed by atoms with Gasteiger partial charge in [-0.25, -0.2) is 4.39 Å². The molecule has 0 atom stereocenters. The zero-order valence-corrected chi connectivity index (χ0v) is 13.5. The molecular weight excluding hydrogens is 372 g/mol. The molecule has 20 heavy (non-hydrogen) atoms. The normalized spacial score (nSPS) is 10.9. The lowest BCUT2D eigenvalue weighted by molar-refractivity contribution is 0.491. The van der Waals surface area contributed by atoms with E-state index in [2.05, 4.69) is 45.0 Å². The van der Waals surface area contributed by atoms with Gasteiger partial charge in [-0.15, -0.1) is 10.2 Å². The summed E-state index contributed by atoms with van der Waals surface area (Å²) >= 11 is 2.06. The molecule has 2 aromatic rings. The van der Waals surface area contributed by atoms with Crippen molar-refractivity contribution >= 4 is 22.6 Å². The molecule has 0 aliphatic rings. The summed E-state index contributed by atoms with van der Waals surface area (Å²) in [7, 11) is 0. The molecule has 1 aromatic heterocycles. The molecule has 0 bridgehead atoms. The minimum Gasteiger partial charge on any atom is -0.421 e. The lowest BCUT2D eigenvalue weighted by atomic mass is 10.2. The third-order valence-electron chi connectivity index (χ3n) is 2.80. The minimum absolute atomic E-state index is 0.264. The van der Waals surface area contributed by atoms with E-state index in [9.17, 15) is 4.39 Å². The Morgan fingerprint density at radius 1 is 1.30 bits per heavy atom. The van der Waals surface area contributed by atoms with Crippen LogP contribution in [0.5, 0.6) is 0 Å². The molecule has 4 nitrogen and oxygen atoms in total. The van der Waals surface area contributed by atoms with E-state index in [1.807, 2.05) is 0 Å². The van der Waals surface area contributed by atoms with Gasteiger partial charge >= 0.3 is 0 Å². The van der Waals surface area contributed by atoms with Gasteiger partial charge in [0.05, 0.1) is 5.56 Å². The van der Waals surface area contributed by atoms with Gasteiger partial charge in [-0.1, -0.05) is 6.92 Å². The van der Waals surface area contributed by atoms with Gasteiger partial charge in [0.2, 0.25) is 11.8 Å². The zero-order valence-electron chi connectivity index (χ0n) is 11.3. The molecule has 6 heteroatoms. The Bertz CT molecular complexity index is 559. The summed E-state index contributed by atoms with van der Waals surface area (Å²) in [6.07, 6.45) is 2.84. The molecular formula is C14H17FIN3O. The molecule has 2 rings (SSSR count). The van der Waals surface area contributed by atoms with Gasteiger partial charge in [0.25, 0.3) is 0 Å². The van der Waals surface area contributed by atoms with Gasteiger partial charge in [-0.05, 0) is 66.7 Å². The van der Waals surface area contributed by atoms with E-state index in [0.29, 0.717) is 11.8 Å². The fraction of sp³-hybridized carbons (Fsp3) is 0.429. The third kappa shape index (κ3) is 4.24. The Labute approximate surface area is 131 Å². The van der Waals surface area contributed by atoms with Crippen molar-refractivity contribution in [1.82, 2.24) is 15.5 Å². The molecule has 0 spiro atoms. The molecule has 0 radical (unpaired) electrons. The second kappa shape index (κ2) is 7.68. The van der Waals surface area contributed by atoms with Crippen molar-refractivity contribution in [2.24, 2.45) is 0 Å². The summed E-state index contributed by atoms with van der Waals surface area (Å²) < 4.78 is 19.4. The Morgan fingerprint density at radius 2 is 2.15 bits per heavy atom. The van der Waals surface area contributed by atoms with Crippen LogP contribution in [-0.4, -0.2) is 23.3 Å². The van der Waals surface area contributed by atoms with Crippen LogP contribution < -0.4 is 5.32 Å². The predicted molar refractivity (Wildman–Crippen MR) is 83.9 cm³/mol. The fourth-order valence-electron chi connectivity index (χ4n) is 1.79. The first-order valence-corrected chi connectivity index (χ1v) is 7.77. The Balaban J connectivity index is 1.95. The van der Waals surface area contributed by atoms with Gasteiger partial charge in [-0.3, -0.25) is 0 Å². The molecule has 1 aromatic carbocycles. The van der Waals surface area contributed by atoms with Crippen LogP contribution in [0.1, 0.15) is 25.7 Å². The monoisotopic (exact) mass is 389 g/mol. The van der Waals surface area contributed by atoms with Crippen molar-refractivity contribution < 1.29 is 8.81 Å². The molecule has 108 valence electrons. The fourth-order valence-corrected chi connectivity index (χ4v) is 2.50. The number of hydrogen-bond donors (Lipinski definition) is 1. The minimum atomic E-state index is -0.264. The number of rotatable bonds is 7. The second-order valence-corrected chi connectivity index (χ2v) is 5.64. The SMILES string of the molecule is CCCNCCCc1nnc(-c2ccc(F)cc2I)o1. The van der Waals surface area contributed by atoms with Gasteiger partial charge < -0.3 is 9.73 Å². The lowest BCUT2D eigenvalue weighted by Gasteiger charge is -2.00. The van der Waals surface area contributed by atoms with Crippen molar-refractivity contribution in [3.63, 3.8) is 0 Å². The highest BCUT2D eigenvalue weighted by Gasteiger charge is 2.12. The average molecular weight is 389 g/mol. The number of nitrogens with one attached hydrogen (secondary N) is 1. The summed E-state index contributed by atoms with van der Waals surface area (Å²) in [6.45, 7) is 4.12. The third-order valence-corrected chi connectivity index (χ3v) is 3.69. The number of aryl methyl sites for hydroxylation is 1. The van der Waals surface area contributed by atoms with Crippen molar-refractivity contribution in [2.45, 2.75) is 26.2 Å². The van der Waals surface area contributed by atoms with Crippen LogP contribution in [-0.2, 0) is 6.42 Å². The Morgan fingerprint density at radius 3 is 2.90 bits per heavy atom. The van der Waals surface area contributed by atoms with Crippen molar-refractivity contribution in [3.05, 3.63) is 33.5 Å². The summed E-state index contributed by atoms with van der Waals surface area (Å²) in [6, 6.07) is 4.52. The summed E-state index contributed by atoms with van der Waals surface area (Å²) in [5.74, 6) is 0.809. The molecule has 0 aliphatic carbocycles. The summed E-state index contributed by atoms with van der Waals surface area (Å²) in [5.41, 5.74) is 0.773. The molecule has 0 saturated carbocycles. The molecule has 1 N–H and O–H groups in total. The van der Waals surface area contributed by atoms with E-state index in [4.69, 9.17) is 4.42 Å². The first-order valence-electron chi connectivity index (χ1n) is 6.69. The average Bonchev–Trinajstić information content (AvgIpc) is 2.87. The zero-order chi connectivity index (χ0) is 14.4. The lowest BCUT2D eigenvalue weighted by Crippen LogP contribution is -2.16. The molecule has 0 amide bonds. The smallest absolute Gasteiger partial charge is 0.248 e. The van der Waals surface area contributed by atoms with Gasteiger partial charge in [0.1, 0.15) is 5.82 Å². The van der Waals surface area contributed by atoms with Crippen LogP contribution >= 0.6 is 22.6 Å². The van der Waals surface area contributed by atoms with Gasteiger partial charge in [0.15, 0.2) is 0 Å². The highest BCUT2D eigenvalue weighted by molar-refractivity contribution is 14.1. The largest absolute Gasteiger partial charge is 0.421 e. The maximum absolute atomic E-state index is 13.1. The van der Waals surface area contributed by atoms with E-state index < -0.39 is 0 Å². The van der Waals surface area contributed by atoms with Crippen LogP contribution in [0.4, 0.5) is 4.39 Å². The van der Waals surface area contributed by atoms with Gasteiger partial charge in [0, 0.05) is 9.99 Å². The molecule has 0 unspecified atom stereocenters. The van der Waals surface area contributed by atoms with Crippen LogP contribution in [0.15, 0.2) is 22.6 Å².